The first kappa shape index (κ1) is 14.8. The zero-order valence-corrected chi connectivity index (χ0v) is 11.9. The molecule has 0 atom stereocenters. The van der Waals surface area contributed by atoms with Gasteiger partial charge in [-0.05, 0) is 17.7 Å². The lowest BCUT2D eigenvalue weighted by atomic mass is 10.2. The fraction of sp³-hybridized carbons (Fsp3) is 0.182. The van der Waals surface area contributed by atoms with E-state index in [0.717, 1.165) is 6.07 Å². The van der Waals surface area contributed by atoms with E-state index in [1.165, 1.54) is 29.9 Å². The molecular formula is C11H11ClFN3O3S. The first-order chi connectivity index (χ1) is 9.35. The molecule has 0 unspecified atom stereocenters. The van der Waals surface area contributed by atoms with Crippen molar-refractivity contribution in [1.82, 2.24) is 9.55 Å². The molecule has 0 aliphatic rings. The molecule has 0 aliphatic heterocycles. The first-order valence-corrected chi connectivity index (χ1v) is 7.31. The third kappa shape index (κ3) is 2.77. The van der Waals surface area contributed by atoms with Gasteiger partial charge in [-0.15, -0.1) is 0 Å². The lowest BCUT2D eigenvalue weighted by Crippen LogP contribution is -2.16. The number of hydrogen-bond acceptors (Lipinski definition) is 4. The topological polar surface area (TPSA) is 84.2 Å². The highest BCUT2D eigenvalue weighted by Gasteiger charge is 2.22. The Morgan fingerprint density at radius 1 is 1.50 bits per heavy atom. The maximum absolute atomic E-state index is 13.7. The number of anilines is 1. The summed E-state index contributed by atoms with van der Waals surface area (Å²) in [6.07, 6.45) is 1.20. The molecule has 108 valence electrons. The summed E-state index contributed by atoms with van der Waals surface area (Å²) in [7, 11) is -2.56. The third-order valence-electron chi connectivity index (χ3n) is 2.58. The van der Waals surface area contributed by atoms with E-state index in [1.807, 2.05) is 0 Å². The molecule has 6 nitrogen and oxygen atoms in total. The van der Waals surface area contributed by atoms with E-state index in [2.05, 4.69) is 9.71 Å². The van der Waals surface area contributed by atoms with Crippen LogP contribution in [0, 0.1) is 5.82 Å². The largest absolute Gasteiger partial charge is 0.392 e. The van der Waals surface area contributed by atoms with Crippen LogP contribution in [0.25, 0.3) is 0 Å². The van der Waals surface area contributed by atoms with Crippen molar-refractivity contribution in [1.29, 1.82) is 0 Å². The number of nitrogens with zero attached hydrogens (tertiary/aromatic N) is 2. The molecule has 2 N–H and O–H groups in total. The predicted octanol–water partition coefficient (Wildman–Crippen LogP) is 1.51. The molecule has 1 heterocycles. The molecule has 0 bridgehead atoms. The quantitative estimate of drug-likeness (QED) is 0.894. The Kier molecular flexibility index (Phi) is 3.98. The van der Waals surface area contributed by atoms with E-state index < -0.39 is 22.4 Å². The minimum atomic E-state index is -4.09. The van der Waals surface area contributed by atoms with Gasteiger partial charge in [0, 0.05) is 18.8 Å². The van der Waals surface area contributed by atoms with Crippen molar-refractivity contribution in [3.8, 4) is 0 Å². The van der Waals surface area contributed by atoms with Crippen LogP contribution in [0.1, 0.15) is 5.56 Å². The van der Waals surface area contributed by atoms with Gasteiger partial charge in [-0.3, -0.25) is 4.72 Å². The maximum Gasteiger partial charge on any atom is 0.281 e. The van der Waals surface area contributed by atoms with Crippen LogP contribution in [0.5, 0.6) is 0 Å². The average Bonchev–Trinajstić information content (AvgIpc) is 2.73. The van der Waals surface area contributed by atoms with Crippen molar-refractivity contribution in [3.63, 3.8) is 0 Å². The zero-order chi connectivity index (χ0) is 14.9. The summed E-state index contributed by atoms with van der Waals surface area (Å²) >= 11 is 5.67. The highest BCUT2D eigenvalue weighted by Crippen LogP contribution is 2.23. The molecule has 1 aromatic heterocycles. The molecule has 1 aromatic carbocycles. The molecule has 0 saturated carbocycles. The second kappa shape index (κ2) is 5.39. The molecule has 0 radical (unpaired) electrons. The first-order valence-electron chi connectivity index (χ1n) is 5.45. The summed E-state index contributed by atoms with van der Waals surface area (Å²) in [5.74, 6) is -0.790. The molecule has 0 saturated heterocycles. The Morgan fingerprint density at radius 2 is 2.20 bits per heavy atom. The van der Waals surface area contributed by atoms with E-state index in [9.17, 15) is 12.8 Å². The summed E-state index contributed by atoms with van der Waals surface area (Å²) in [6.45, 7) is -0.501. The number of hydrogen-bond donors (Lipinski definition) is 2. The van der Waals surface area contributed by atoms with Crippen molar-refractivity contribution in [3.05, 3.63) is 41.1 Å². The lowest BCUT2D eigenvalue weighted by Gasteiger charge is -2.10. The lowest BCUT2D eigenvalue weighted by molar-refractivity contribution is 0.282. The summed E-state index contributed by atoms with van der Waals surface area (Å²) in [4.78, 5) is 3.66. The number of aryl methyl sites for hydroxylation is 1. The number of aliphatic hydroxyl groups is 1. The smallest absolute Gasteiger partial charge is 0.281 e. The van der Waals surface area contributed by atoms with Gasteiger partial charge in [-0.25, -0.2) is 9.37 Å². The Bertz CT molecular complexity index is 726. The van der Waals surface area contributed by atoms with Crippen LogP contribution in [0.2, 0.25) is 5.28 Å². The highest BCUT2D eigenvalue weighted by molar-refractivity contribution is 7.92. The van der Waals surface area contributed by atoms with Crippen molar-refractivity contribution in [2.24, 2.45) is 7.05 Å². The number of nitrogens with one attached hydrogen (secondary N) is 1. The SMILES string of the molecule is Cn1cc(S(=O)(=O)Nc2c(F)cccc2CO)nc1Cl. The van der Waals surface area contributed by atoms with Crippen LogP contribution in [-0.2, 0) is 23.7 Å². The van der Waals surface area contributed by atoms with Crippen LogP contribution in [0.3, 0.4) is 0 Å². The molecule has 2 rings (SSSR count). The summed E-state index contributed by atoms with van der Waals surface area (Å²) < 4.78 is 41.2. The summed E-state index contributed by atoms with van der Waals surface area (Å²) in [5, 5.41) is 8.77. The Morgan fingerprint density at radius 3 is 2.75 bits per heavy atom. The minimum absolute atomic E-state index is 0.0127. The van der Waals surface area contributed by atoms with Gasteiger partial charge < -0.3 is 9.67 Å². The van der Waals surface area contributed by atoms with E-state index in [-0.39, 0.29) is 21.6 Å². The van der Waals surface area contributed by atoms with Gasteiger partial charge in [-0.1, -0.05) is 12.1 Å². The summed E-state index contributed by atoms with van der Waals surface area (Å²) in [6, 6.07) is 3.87. The number of imidazole rings is 1. The fourth-order valence-corrected chi connectivity index (χ4v) is 2.84. The number of sulfonamides is 1. The highest BCUT2D eigenvalue weighted by atomic mass is 35.5. The Hall–Kier alpha value is -1.64. The molecule has 2 aromatic rings. The number of rotatable bonds is 4. The molecule has 9 heteroatoms. The van der Waals surface area contributed by atoms with Crippen molar-refractivity contribution < 1.29 is 17.9 Å². The van der Waals surface area contributed by atoms with Crippen molar-refractivity contribution >= 4 is 27.3 Å². The maximum atomic E-state index is 13.7. The monoisotopic (exact) mass is 319 g/mol. The number of para-hydroxylation sites is 1. The van der Waals surface area contributed by atoms with Gasteiger partial charge in [0.2, 0.25) is 5.28 Å². The van der Waals surface area contributed by atoms with Gasteiger partial charge in [0.25, 0.3) is 10.0 Å². The van der Waals surface area contributed by atoms with Gasteiger partial charge in [-0.2, -0.15) is 8.42 Å². The number of aromatic nitrogens is 2. The van der Waals surface area contributed by atoms with Gasteiger partial charge in [0.1, 0.15) is 5.82 Å². The average molecular weight is 320 g/mol. The normalized spacial score (nSPS) is 11.6. The van der Waals surface area contributed by atoms with Gasteiger partial charge in [0.15, 0.2) is 5.03 Å². The standard InChI is InChI=1S/C11H11ClFN3O3S/c1-16-5-9(14-11(16)12)20(18,19)15-10-7(6-17)3-2-4-8(10)13/h2-5,15,17H,6H2,1H3. The molecule has 0 fully saturated rings. The zero-order valence-electron chi connectivity index (χ0n) is 10.3. The molecule has 0 aliphatic carbocycles. The molecule has 0 spiro atoms. The fourth-order valence-electron chi connectivity index (χ4n) is 1.55. The van der Waals surface area contributed by atoms with Crippen molar-refractivity contribution in [2.75, 3.05) is 4.72 Å². The van der Waals surface area contributed by atoms with E-state index >= 15 is 0 Å². The number of halogens is 2. The molecular weight excluding hydrogens is 309 g/mol. The molecule has 20 heavy (non-hydrogen) atoms. The third-order valence-corrected chi connectivity index (χ3v) is 4.15. The van der Waals surface area contributed by atoms with Crippen LogP contribution in [0.4, 0.5) is 10.1 Å². The van der Waals surface area contributed by atoms with E-state index in [0.29, 0.717) is 0 Å². The second-order valence-corrected chi connectivity index (χ2v) is 5.96. The Labute approximate surface area is 119 Å². The molecule has 0 amide bonds. The minimum Gasteiger partial charge on any atom is -0.392 e. The summed E-state index contributed by atoms with van der Waals surface area (Å²) in [5.41, 5.74) is -0.188. The number of benzene rings is 1. The van der Waals surface area contributed by atoms with Gasteiger partial charge >= 0.3 is 0 Å². The van der Waals surface area contributed by atoms with Crippen LogP contribution in [0.15, 0.2) is 29.4 Å². The van der Waals surface area contributed by atoms with Crippen molar-refractivity contribution in [2.45, 2.75) is 11.6 Å². The van der Waals surface area contributed by atoms with E-state index in [1.54, 1.807) is 0 Å². The van der Waals surface area contributed by atoms with Crippen LogP contribution >= 0.6 is 11.6 Å². The van der Waals surface area contributed by atoms with Crippen LogP contribution < -0.4 is 4.72 Å². The number of aliphatic hydroxyl groups excluding tert-OH is 1. The van der Waals surface area contributed by atoms with E-state index in [4.69, 9.17) is 16.7 Å². The Balaban J connectivity index is 2.43. The second-order valence-electron chi connectivity index (χ2n) is 4.00. The van der Waals surface area contributed by atoms with Crippen LogP contribution in [-0.4, -0.2) is 23.1 Å². The van der Waals surface area contributed by atoms with Gasteiger partial charge in [0.05, 0.1) is 12.3 Å². The predicted molar refractivity (Wildman–Crippen MR) is 71.3 cm³/mol.